The van der Waals surface area contributed by atoms with Gasteiger partial charge in [-0.15, -0.1) is 0 Å². The number of nitrogens with zero attached hydrogens (tertiary/aromatic N) is 4. The summed E-state index contributed by atoms with van der Waals surface area (Å²) in [4.78, 5) is 13.6. The number of alkyl halides is 3. The molecule has 0 radical (unpaired) electrons. The normalized spacial score (nSPS) is 16.1. The first-order valence-corrected chi connectivity index (χ1v) is 8.12. The molecule has 3 rings (SSSR count). The Morgan fingerprint density at radius 3 is 2.52 bits per heavy atom. The van der Waals surface area contributed by atoms with E-state index in [1.165, 1.54) is 6.20 Å². The summed E-state index contributed by atoms with van der Waals surface area (Å²) in [7, 11) is 0. The maximum atomic E-state index is 12.8. The Morgan fingerprint density at radius 1 is 1.12 bits per heavy atom. The molecule has 0 spiro atoms. The van der Waals surface area contributed by atoms with Crippen molar-refractivity contribution in [2.24, 2.45) is 5.92 Å². The molecule has 0 aromatic carbocycles. The first-order valence-electron chi connectivity index (χ1n) is 8.12. The molecule has 1 fully saturated rings. The second-order valence-electron chi connectivity index (χ2n) is 6.09. The minimum absolute atomic E-state index is 0.349. The average Bonchev–Trinajstić information content (AvgIpc) is 2.61. The van der Waals surface area contributed by atoms with Gasteiger partial charge >= 0.3 is 6.18 Å². The lowest BCUT2D eigenvalue weighted by Gasteiger charge is -2.33. The predicted molar refractivity (Wildman–Crippen MR) is 86.4 cm³/mol. The number of anilines is 1. The van der Waals surface area contributed by atoms with Gasteiger partial charge in [0.15, 0.2) is 0 Å². The van der Waals surface area contributed by atoms with Gasteiger partial charge in [-0.2, -0.15) is 13.2 Å². The van der Waals surface area contributed by atoms with E-state index in [0.717, 1.165) is 24.6 Å². The highest BCUT2D eigenvalue weighted by Gasteiger charge is 2.33. The van der Waals surface area contributed by atoms with Crippen molar-refractivity contribution in [2.75, 3.05) is 24.6 Å². The molecular formula is C17H19F3N4O. The second kappa shape index (κ2) is 7.25. The van der Waals surface area contributed by atoms with Gasteiger partial charge < -0.3 is 9.64 Å². The lowest BCUT2D eigenvalue weighted by molar-refractivity contribution is -0.141. The number of halogens is 3. The fourth-order valence-corrected chi connectivity index (χ4v) is 2.86. The Balaban J connectivity index is 1.55. The van der Waals surface area contributed by atoms with Crippen LogP contribution in [0.2, 0.25) is 0 Å². The molecule has 25 heavy (non-hydrogen) atoms. The molecule has 0 aliphatic carbocycles. The van der Waals surface area contributed by atoms with Crippen LogP contribution in [-0.4, -0.2) is 34.6 Å². The third kappa shape index (κ3) is 4.37. The van der Waals surface area contributed by atoms with E-state index in [4.69, 9.17) is 4.74 Å². The summed E-state index contributed by atoms with van der Waals surface area (Å²) in [6.45, 7) is 3.76. The number of piperidine rings is 1. The topological polar surface area (TPSA) is 51.1 Å². The number of hydrogen-bond donors (Lipinski definition) is 0. The van der Waals surface area contributed by atoms with Crippen molar-refractivity contribution in [1.82, 2.24) is 15.0 Å². The number of ether oxygens (including phenoxy) is 1. The highest BCUT2D eigenvalue weighted by Crippen LogP contribution is 2.31. The van der Waals surface area contributed by atoms with Crippen LogP contribution in [0.5, 0.6) is 5.88 Å². The van der Waals surface area contributed by atoms with Gasteiger partial charge in [0, 0.05) is 37.4 Å². The van der Waals surface area contributed by atoms with Gasteiger partial charge in [-0.25, -0.2) is 4.98 Å². The quantitative estimate of drug-likeness (QED) is 0.843. The number of pyridine rings is 1. The molecule has 2 aromatic rings. The van der Waals surface area contributed by atoms with E-state index in [1.54, 1.807) is 18.5 Å². The Hall–Kier alpha value is -2.38. The molecule has 0 unspecified atom stereocenters. The zero-order valence-corrected chi connectivity index (χ0v) is 13.8. The summed E-state index contributed by atoms with van der Waals surface area (Å²) < 4.78 is 44.1. The van der Waals surface area contributed by atoms with Crippen LogP contribution in [0, 0.1) is 12.8 Å². The molecule has 1 aliphatic rings. The van der Waals surface area contributed by atoms with Gasteiger partial charge in [0.05, 0.1) is 12.3 Å². The van der Waals surface area contributed by atoms with Crippen molar-refractivity contribution in [1.29, 1.82) is 0 Å². The minimum atomic E-state index is -4.42. The third-order valence-corrected chi connectivity index (χ3v) is 4.31. The molecule has 2 aromatic heterocycles. The van der Waals surface area contributed by atoms with Crippen LogP contribution in [0.3, 0.4) is 0 Å². The van der Waals surface area contributed by atoms with Gasteiger partial charge in [-0.1, -0.05) is 0 Å². The lowest BCUT2D eigenvalue weighted by atomic mass is 9.97. The predicted octanol–water partition coefficient (Wildman–Crippen LogP) is 3.49. The summed E-state index contributed by atoms with van der Waals surface area (Å²) in [5.41, 5.74) is 0.455. The monoisotopic (exact) mass is 352 g/mol. The molecule has 1 saturated heterocycles. The largest absolute Gasteiger partial charge is 0.476 e. The minimum Gasteiger partial charge on any atom is -0.476 e. The maximum Gasteiger partial charge on any atom is 0.433 e. The van der Waals surface area contributed by atoms with Gasteiger partial charge in [0.1, 0.15) is 5.69 Å². The van der Waals surface area contributed by atoms with E-state index in [2.05, 4.69) is 15.0 Å². The molecule has 3 heterocycles. The highest BCUT2D eigenvalue weighted by molar-refractivity contribution is 5.47. The molecule has 1 aliphatic heterocycles. The molecule has 134 valence electrons. The van der Waals surface area contributed by atoms with Gasteiger partial charge in [-0.3, -0.25) is 9.97 Å². The van der Waals surface area contributed by atoms with E-state index in [0.29, 0.717) is 37.2 Å². The standard InChI is InChI=1S/C17H19F3N4O/c1-12-16(23-7-6-21-12)25-11-13-3-8-24(9-4-13)14-2-5-22-15(10-14)17(18,19)20/h2,5-7,10,13H,3-4,8-9,11H2,1H3. The first kappa shape index (κ1) is 17.4. The summed E-state index contributed by atoms with van der Waals surface area (Å²) in [5, 5.41) is 0. The van der Waals surface area contributed by atoms with Crippen molar-refractivity contribution in [3.05, 3.63) is 42.1 Å². The fraction of sp³-hybridized carbons (Fsp3) is 0.471. The molecular weight excluding hydrogens is 333 g/mol. The Morgan fingerprint density at radius 2 is 1.84 bits per heavy atom. The molecule has 5 nitrogen and oxygen atoms in total. The van der Waals surface area contributed by atoms with Crippen molar-refractivity contribution in [2.45, 2.75) is 25.9 Å². The summed E-state index contributed by atoms with van der Waals surface area (Å²) in [6.07, 6.45) is 1.70. The molecule has 0 N–H and O–H groups in total. The maximum absolute atomic E-state index is 12.8. The Bertz CT molecular complexity index is 715. The Kier molecular flexibility index (Phi) is 5.06. The smallest absolute Gasteiger partial charge is 0.433 e. The van der Waals surface area contributed by atoms with Gasteiger partial charge in [-0.05, 0) is 37.8 Å². The SMILES string of the molecule is Cc1nccnc1OCC1CCN(c2ccnc(C(F)(F)F)c2)CC1. The number of rotatable bonds is 4. The van der Waals surface area contributed by atoms with Crippen molar-refractivity contribution >= 4 is 5.69 Å². The summed E-state index contributed by atoms with van der Waals surface area (Å²) >= 11 is 0. The third-order valence-electron chi connectivity index (χ3n) is 4.31. The molecule has 0 saturated carbocycles. The van der Waals surface area contributed by atoms with Crippen LogP contribution >= 0.6 is 0 Å². The van der Waals surface area contributed by atoms with E-state index < -0.39 is 11.9 Å². The number of aryl methyl sites for hydroxylation is 1. The van der Waals surface area contributed by atoms with E-state index in [9.17, 15) is 13.2 Å². The van der Waals surface area contributed by atoms with Crippen molar-refractivity contribution in [3.63, 3.8) is 0 Å². The fourth-order valence-electron chi connectivity index (χ4n) is 2.86. The lowest BCUT2D eigenvalue weighted by Crippen LogP contribution is -2.35. The average molecular weight is 352 g/mol. The van der Waals surface area contributed by atoms with E-state index in [1.807, 2.05) is 11.8 Å². The summed E-state index contributed by atoms with van der Waals surface area (Å²) in [5.74, 6) is 0.885. The molecule has 0 atom stereocenters. The van der Waals surface area contributed by atoms with Crippen LogP contribution in [0.1, 0.15) is 24.2 Å². The van der Waals surface area contributed by atoms with Crippen LogP contribution in [0.25, 0.3) is 0 Å². The van der Waals surface area contributed by atoms with Crippen molar-refractivity contribution < 1.29 is 17.9 Å². The Labute approximate surface area is 143 Å². The summed E-state index contributed by atoms with van der Waals surface area (Å²) in [6, 6.07) is 2.73. The molecule has 0 bridgehead atoms. The second-order valence-corrected chi connectivity index (χ2v) is 6.09. The molecule has 8 heteroatoms. The zero-order chi connectivity index (χ0) is 17.9. The van der Waals surface area contributed by atoms with Crippen LogP contribution < -0.4 is 9.64 Å². The zero-order valence-electron chi connectivity index (χ0n) is 13.8. The van der Waals surface area contributed by atoms with Crippen LogP contribution in [0.4, 0.5) is 18.9 Å². The highest BCUT2D eigenvalue weighted by atomic mass is 19.4. The number of hydrogen-bond acceptors (Lipinski definition) is 5. The van der Waals surface area contributed by atoms with Crippen molar-refractivity contribution in [3.8, 4) is 5.88 Å². The van der Waals surface area contributed by atoms with E-state index in [-0.39, 0.29) is 0 Å². The van der Waals surface area contributed by atoms with Crippen LogP contribution in [-0.2, 0) is 6.18 Å². The van der Waals surface area contributed by atoms with Crippen LogP contribution in [0.15, 0.2) is 30.7 Å². The molecule has 0 amide bonds. The van der Waals surface area contributed by atoms with Gasteiger partial charge in [0.2, 0.25) is 5.88 Å². The number of aromatic nitrogens is 3. The van der Waals surface area contributed by atoms with E-state index >= 15 is 0 Å². The first-order chi connectivity index (χ1) is 11.9. The van der Waals surface area contributed by atoms with Gasteiger partial charge in [0.25, 0.3) is 0 Å².